The molecule has 21 heavy (non-hydrogen) atoms. The maximum Gasteiger partial charge on any atom is 0.206 e. The zero-order valence-corrected chi connectivity index (χ0v) is 10.8. The van der Waals surface area contributed by atoms with Gasteiger partial charge in [0.05, 0.1) is 10.9 Å². The molecule has 9 nitrogen and oxygen atoms in total. The summed E-state index contributed by atoms with van der Waals surface area (Å²) >= 11 is 0. The molecule has 0 spiro atoms. The van der Waals surface area contributed by atoms with Crippen LogP contribution in [-0.4, -0.2) is 31.9 Å². The summed E-state index contributed by atoms with van der Waals surface area (Å²) in [5.74, 6) is 1.95. The first-order valence-electron chi connectivity index (χ1n) is 6.36. The molecule has 0 bridgehead atoms. The molecule has 0 fully saturated rings. The number of aromatic nitrogens is 5. The minimum Gasteiger partial charge on any atom is -0.366 e. The van der Waals surface area contributed by atoms with Crippen LogP contribution in [0.5, 0.6) is 0 Å². The van der Waals surface area contributed by atoms with Gasteiger partial charge in [0.25, 0.3) is 0 Å². The smallest absolute Gasteiger partial charge is 0.206 e. The number of nitrogens with one attached hydrogen (secondary N) is 4. The van der Waals surface area contributed by atoms with Gasteiger partial charge in [-0.15, -0.1) is 5.11 Å². The topological polar surface area (TPSA) is 119 Å². The van der Waals surface area contributed by atoms with Crippen molar-refractivity contribution in [2.75, 3.05) is 17.3 Å². The molecule has 0 unspecified atom stereocenters. The van der Waals surface area contributed by atoms with Crippen LogP contribution in [-0.2, 0) is 0 Å². The summed E-state index contributed by atoms with van der Waals surface area (Å²) in [4.78, 5) is 4.14. The summed E-state index contributed by atoms with van der Waals surface area (Å²) in [5.41, 5.74) is 4.41. The number of rotatable bonds is 3. The van der Waals surface area contributed by atoms with Gasteiger partial charge in [0.2, 0.25) is 5.82 Å². The Morgan fingerprint density at radius 1 is 1.24 bits per heavy atom. The first kappa shape index (κ1) is 11.6. The molecule has 3 aromatic heterocycles. The van der Waals surface area contributed by atoms with E-state index in [0.717, 1.165) is 23.3 Å². The molecule has 4 N–H and O–H groups in total. The second-order valence-corrected chi connectivity index (χ2v) is 4.40. The van der Waals surface area contributed by atoms with Crippen molar-refractivity contribution < 1.29 is 0 Å². The monoisotopic (exact) mass is 281 g/mol. The highest BCUT2D eigenvalue weighted by molar-refractivity contribution is 5.84. The number of aromatic amines is 2. The molecule has 3 aromatic rings. The van der Waals surface area contributed by atoms with E-state index in [9.17, 15) is 0 Å². The Morgan fingerprint density at radius 2 is 2.24 bits per heavy atom. The van der Waals surface area contributed by atoms with Gasteiger partial charge in [-0.2, -0.15) is 10.2 Å². The zero-order valence-electron chi connectivity index (χ0n) is 10.8. The van der Waals surface area contributed by atoms with E-state index in [-0.39, 0.29) is 0 Å². The quantitative estimate of drug-likeness (QED) is 0.433. The van der Waals surface area contributed by atoms with E-state index in [1.54, 1.807) is 6.20 Å². The fraction of sp³-hybridized carbons (Fsp3) is 0.0833. The van der Waals surface area contributed by atoms with E-state index in [2.05, 4.69) is 46.5 Å². The van der Waals surface area contributed by atoms with Crippen molar-refractivity contribution in [1.82, 2.24) is 25.4 Å². The summed E-state index contributed by atoms with van der Waals surface area (Å²) in [5, 5.41) is 25.8. The van der Waals surface area contributed by atoms with Gasteiger partial charge in [-0.3, -0.25) is 10.2 Å². The molecular formula is C12H11N9. The first-order valence-corrected chi connectivity index (χ1v) is 6.36. The van der Waals surface area contributed by atoms with Gasteiger partial charge in [-0.25, -0.2) is 10.4 Å². The average molecular weight is 281 g/mol. The van der Waals surface area contributed by atoms with Crippen molar-refractivity contribution in [1.29, 1.82) is 0 Å². The lowest BCUT2D eigenvalue weighted by molar-refractivity contribution is 1.02. The van der Waals surface area contributed by atoms with E-state index < -0.39 is 0 Å². The molecule has 0 saturated heterocycles. The van der Waals surface area contributed by atoms with E-state index in [4.69, 9.17) is 0 Å². The van der Waals surface area contributed by atoms with Crippen LogP contribution in [0.2, 0.25) is 0 Å². The molecule has 1 aliphatic heterocycles. The predicted octanol–water partition coefficient (Wildman–Crippen LogP) is 2.23. The lowest BCUT2D eigenvalue weighted by Crippen LogP contribution is -2.03. The van der Waals surface area contributed by atoms with Crippen molar-refractivity contribution in [3.63, 3.8) is 0 Å². The van der Waals surface area contributed by atoms with Gasteiger partial charge in [0.15, 0.2) is 11.5 Å². The predicted molar refractivity (Wildman–Crippen MR) is 78.1 cm³/mol. The molecule has 1 aliphatic rings. The normalized spacial score (nSPS) is 13.5. The first-order chi connectivity index (χ1) is 10.4. The number of H-pyrrole nitrogens is 2. The van der Waals surface area contributed by atoms with Gasteiger partial charge >= 0.3 is 0 Å². The van der Waals surface area contributed by atoms with E-state index in [1.165, 1.54) is 0 Å². The molecule has 4 rings (SSSR count). The van der Waals surface area contributed by atoms with Crippen LogP contribution in [0, 0.1) is 0 Å². The van der Waals surface area contributed by atoms with Gasteiger partial charge in [0, 0.05) is 12.7 Å². The van der Waals surface area contributed by atoms with Gasteiger partial charge in [-0.05, 0) is 18.2 Å². The highest BCUT2D eigenvalue weighted by Crippen LogP contribution is 2.26. The minimum atomic E-state index is 0.476. The van der Waals surface area contributed by atoms with Gasteiger partial charge < -0.3 is 5.32 Å². The molecule has 0 aromatic carbocycles. The van der Waals surface area contributed by atoms with E-state index >= 15 is 0 Å². The Morgan fingerprint density at radius 3 is 3.24 bits per heavy atom. The molecule has 0 atom stereocenters. The van der Waals surface area contributed by atoms with Crippen molar-refractivity contribution in [3.8, 4) is 0 Å². The fourth-order valence-corrected chi connectivity index (χ4v) is 2.11. The van der Waals surface area contributed by atoms with Crippen LogP contribution >= 0.6 is 0 Å². The average Bonchev–Trinajstić information content (AvgIpc) is 3.13. The Bertz CT molecular complexity index is 841. The molecule has 0 radical (unpaired) electrons. The zero-order chi connectivity index (χ0) is 14.1. The second-order valence-electron chi connectivity index (χ2n) is 4.40. The van der Waals surface area contributed by atoms with E-state index in [0.29, 0.717) is 17.3 Å². The van der Waals surface area contributed by atoms with Crippen molar-refractivity contribution in [2.45, 2.75) is 0 Å². The Hall–Kier alpha value is -3.23. The number of hydrogen-bond acceptors (Lipinski definition) is 6. The maximum atomic E-state index is 4.14. The molecule has 0 amide bonds. The lowest BCUT2D eigenvalue weighted by Gasteiger charge is -2.06. The summed E-state index contributed by atoms with van der Waals surface area (Å²) in [7, 11) is 0. The van der Waals surface area contributed by atoms with Crippen LogP contribution in [0.3, 0.4) is 0 Å². The van der Waals surface area contributed by atoms with E-state index in [1.807, 2.05) is 24.3 Å². The third-order valence-corrected chi connectivity index (χ3v) is 3.10. The standard InChI is InChI=1S/C12H11N9/c1-3-7-9(13-5-1)15-17-11(7)19-21-20-12-8-4-2-6-14-10(8)16-18-12/h1-5H,6H2,(H4,13,14,15,16,17,18,19,20). The molecule has 104 valence electrons. The van der Waals surface area contributed by atoms with Crippen molar-refractivity contribution in [3.05, 3.63) is 30.0 Å². The summed E-state index contributed by atoms with van der Waals surface area (Å²) < 4.78 is 0. The van der Waals surface area contributed by atoms with Crippen LogP contribution in [0.15, 0.2) is 34.7 Å². The molecule has 0 saturated carbocycles. The number of fused-ring (bicyclic) bond motifs is 2. The number of pyridine rings is 1. The van der Waals surface area contributed by atoms with Crippen LogP contribution in [0.4, 0.5) is 17.5 Å². The third-order valence-electron chi connectivity index (χ3n) is 3.10. The molecule has 4 heterocycles. The summed E-state index contributed by atoms with van der Waals surface area (Å²) in [6, 6.07) is 3.70. The second kappa shape index (κ2) is 4.71. The maximum absolute atomic E-state index is 4.14. The van der Waals surface area contributed by atoms with Crippen LogP contribution < -0.4 is 10.7 Å². The number of anilines is 2. The highest BCUT2D eigenvalue weighted by Gasteiger charge is 2.12. The SMILES string of the molecule is C1=Cc2c(NN=Nc3n[nH]c4ncccc34)n[nH]c2NC1. The van der Waals surface area contributed by atoms with Crippen molar-refractivity contribution in [2.24, 2.45) is 10.3 Å². The van der Waals surface area contributed by atoms with Crippen molar-refractivity contribution >= 4 is 34.6 Å². The molecular weight excluding hydrogens is 270 g/mol. The number of nitrogens with zero attached hydrogens (tertiary/aromatic N) is 5. The Kier molecular flexibility index (Phi) is 2.60. The summed E-state index contributed by atoms with van der Waals surface area (Å²) in [6.45, 7) is 0.780. The van der Waals surface area contributed by atoms with Gasteiger partial charge in [0.1, 0.15) is 5.82 Å². The number of hydrogen-bond donors (Lipinski definition) is 4. The van der Waals surface area contributed by atoms with Crippen LogP contribution in [0.1, 0.15) is 5.56 Å². The lowest BCUT2D eigenvalue weighted by atomic mass is 10.2. The summed E-state index contributed by atoms with van der Waals surface area (Å²) in [6.07, 6.45) is 5.67. The third kappa shape index (κ3) is 2.00. The fourth-order valence-electron chi connectivity index (χ4n) is 2.11. The highest BCUT2D eigenvalue weighted by atomic mass is 15.5. The Labute approximate surface area is 118 Å². The van der Waals surface area contributed by atoms with Crippen LogP contribution in [0.25, 0.3) is 17.1 Å². The van der Waals surface area contributed by atoms with Gasteiger partial charge in [-0.1, -0.05) is 11.3 Å². The molecule has 9 heteroatoms. The largest absolute Gasteiger partial charge is 0.366 e. The molecule has 0 aliphatic carbocycles. The minimum absolute atomic E-state index is 0.476. The Balaban J connectivity index is 1.57.